The van der Waals surface area contributed by atoms with Gasteiger partial charge in [0.15, 0.2) is 0 Å². The molecule has 84 valence electrons. The van der Waals surface area contributed by atoms with Gasteiger partial charge < -0.3 is 15.0 Å². The van der Waals surface area contributed by atoms with E-state index in [0.717, 1.165) is 19.3 Å². The molecule has 2 rings (SSSR count). The summed E-state index contributed by atoms with van der Waals surface area (Å²) in [5.74, 6) is 0. The third kappa shape index (κ3) is 2.15. The van der Waals surface area contributed by atoms with Gasteiger partial charge in [0.05, 0.1) is 12.6 Å². The van der Waals surface area contributed by atoms with Crippen molar-refractivity contribution < 1.29 is 9.53 Å². The number of hydrogen-bond donors (Lipinski definition) is 1. The molecule has 2 atom stereocenters. The largest absolute Gasteiger partial charge is 0.383 e. The zero-order chi connectivity index (χ0) is 10.7. The van der Waals surface area contributed by atoms with Crippen molar-refractivity contribution in [3.05, 3.63) is 12.2 Å². The Labute approximate surface area is 90.3 Å². The van der Waals surface area contributed by atoms with E-state index in [1.807, 2.05) is 4.90 Å². The molecule has 4 heteroatoms. The molecule has 2 aliphatic rings. The summed E-state index contributed by atoms with van der Waals surface area (Å²) in [6.45, 7) is 1.17. The fourth-order valence-corrected chi connectivity index (χ4v) is 2.39. The second kappa shape index (κ2) is 4.66. The van der Waals surface area contributed by atoms with Crippen molar-refractivity contribution in [1.29, 1.82) is 0 Å². The molecule has 0 aromatic heterocycles. The fraction of sp³-hybridized carbons (Fsp3) is 0.727. The molecule has 1 N–H and O–H groups in total. The van der Waals surface area contributed by atoms with Gasteiger partial charge in [-0.15, -0.1) is 0 Å². The first-order valence-electron chi connectivity index (χ1n) is 5.54. The summed E-state index contributed by atoms with van der Waals surface area (Å²) in [7, 11) is 1.64. The average Bonchev–Trinajstić information content (AvgIpc) is 2.49. The molecule has 2 aliphatic heterocycles. The molecule has 0 aromatic rings. The number of carbonyl (C=O) groups is 1. The van der Waals surface area contributed by atoms with Gasteiger partial charge in [-0.05, 0) is 19.3 Å². The predicted octanol–water partition coefficient (Wildman–Crippen LogP) is 1.14. The summed E-state index contributed by atoms with van der Waals surface area (Å²) in [6, 6.07) is 0.803. The SMILES string of the molecule is COCCNC(=O)N1[C@H]2CC=C[C@H]1CC2. The smallest absolute Gasteiger partial charge is 0.318 e. The van der Waals surface area contributed by atoms with E-state index in [1.54, 1.807) is 7.11 Å². The van der Waals surface area contributed by atoms with Crippen molar-refractivity contribution in [3.8, 4) is 0 Å². The number of rotatable bonds is 3. The Hall–Kier alpha value is -1.03. The summed E-state index contributed by atoms with van der Waals surface area (Å²) >= 11 is 0. The van der Waals surface area contributed by atoms with Crippen LogP contribution in [0.1, 0.15) is 19.3 Å². The van der Waals surface area contributed by atoms with Crippen LogP contribution in [0.4, 0.5) is 4.79 Å². The number of nitrogens with one attached hydrogen (secondary N) is 1. The van der Waals surface area contributed by atoms with Crippen LogP contribution in [-0.2, 0) is 4.74 Å². The van der Waals surface area contributed by atoms with Gasteiger partial charge in [-0.3, -0.25) is 0 Å². The maximum Gasteiger partial charge on any atom is 0.318 e. The van der Waals surface area contributed by atoms with Crippen molar-refractivity contribution in [2.24, 2.45) is 0 Å². The van der Waals surface area contributed by atoms with Crippen LogP contribution in [0.5, 0.6) is 0 Å². The number of fused-ring (bicyclic) bond motifs is 2. The molecule has 0 unspecified atom stereocenters. The van der Waals surface area contributed by atoms with Crippen molar-refractivity contribution in [2.45, 2.75) is 31.3 Å². The maximum atomic E-state index is 11.9. The number of ether oxygens (including phenoxy) is 1. The van der Waals surface area contributed by atoms with Crippen LogP contribution in [-0.4, -0.2) is 43.3 Å². The van der Waals surface area contributed by atoms with E-state index in [9.17, 15) is 4.79 Å². The summed E-state index contributed by atoms with van der Waals surface area (Å²) in [5.41, 5.74) is 0. The highest BCUT2D eigenvalue weighted by Gasteiger charge is 2.36. The van der Waals surface area contributed by atoms with Crippen LogP contribution in [0.3, 0.4) is 0 Å². The van der Waals surface area contributed by atoms with Gasteiger partial charge in [0.25, 0.3) is 0 Å². The van der Waals surface area contributed by atoms with Gasteiger partial charge in [0.2, 0.25) is 0 Å². The van der Waals surface area contributed by atoms with E-state index in [2.05, 4.69) is 17.5 Å². The van der Waals surface area contributed by atoms with Gasteiger partial charge in [-0.1, -0.05) is 12.2 Å². The summed E-state index contributed by atoms with van der Waals surface area (Å²) in [5, 5.41) is 2.88. The third-order valence-electron chi connectivity index (χ3n) is 3.13. The van der Waals surface area contributed by atoms with Gasteiger partial charge >= 0.3 is 6.03 Å². The number of urea groups is 1. The van der Waals surface area contributed by atoms with Crippen LogP contribution >= 0.6 is 0 Å². The zero-order valence-corrected chi connectivity index (χ0v) is 9.11. The Kier molecular flexibility index (Phi) is 3.26. The molecule has 1 fully saturated rings. The topological polar surface area (TPSA) is 41.6 Å². The first-order chi connectivity index (χ1) is 7.33. The van der Waals surface area contributed by atoms with E-state index in [4.69, 9.17) is 4.74 Å². The normalized spacial score (nSPS) is 28.2. The first-order valence-corrected chi connectivity index (χ1v) is 5.54. The van der Waals surface area contributed by atoms with E-state index in [0.29, 0.717) is 25.2 Å². The number of nitrogens with zero attached hydrogens (tertiary/aromatic N) is 1. The van der Waals surface area contributed by atoms with Crippen molar-refractivity contribution in [2.75, 3.05) is 20.3 Å². The Bertz CT molecular complexity index is 265. The average molecular weight is 210 g/mol. The summed E-state index contributed by atoms with van der Waals surface area (Å²) in [6.07, 6.45) is 7.60. The highest BCUT2D eigenvalue weighted by molar-refractivity contribution is 5.75. The van der Waals surface area contributed by atoms with E-state index < -0.39 is 0 Å². The van der Waals surface area contributed by atoms with Gasteiger partial charge in [0, 0.05) is 19.7 Å². The molecule has 0 aliphatic carbocycles. The van der Waals surface area contributed by atoms with Gasteiger partial charge in [0.1, 0.15) is 0 Å². The second-order valence-corrected chi connectivity index (χ2v) is 4.09. The molecule has 4 nitrogen and oxygen atoms in total. The zero-order valence-electron chi connectivity index (χ0n) is 9.11. The summed E-state index contributed by atoms with van der Waals surface area (Å²) < 4.78 is 4.90. The Balaban J connectivity index is 1.88. The minimum atomic E-state index is 0.0592. The van der Waals surface area contributed by atoms with Gasteiger partial charge in [-0.2, -0.15) is 0 Å². The molecular formula is C11H18N2O2. The predicted molar refractivity (Wildman–Crippen MR) is 57.7 cm³/mol. The number of hydrogen-bond acceptors (Lipinski definition) is 2. The molecule has 0 spiro atoms. The van der Waals surface area contributed by atoms with Crippen molar-refractivity contribution >= 4 is 6.03 Å². The lowest BCUT2D eigenvalue weighted by molar-refractivity contribution is 0.167. The quantitative estimate of drug-likeness (QED) is 0.560. The highest BCUT2D eigenvalue weighted by Crippen LogP contribution is 2.31. The van der Waals surface area contributed by atoms with Crippen LogP contribution in [0.2, 0.25) is 0 Å². The minimum Gasteiger partial charge on any atom is -0.383 e. The lowest BCUT2D eigenvalue weighted by Gasteiger charge is -2.31. The monoisotopic (exact) mass is 210 g/mol. The molecule has 0 saturated carbocycles. The molecule has 0 radical (unpaired) electrons. The Morgan fingerprint density at radius 1 is 1.60 bits per heavy atom. The van der Waals surface area contributed by atoms with E-state index in [-0.39, 0.29) is 6.03 Å². The van der Waals surface area contributed by atoms with Crippen molar-refractivity contribution in [3.63, 3.8) is 0 Å². The van der Waals surface area contributed by atoms with E-state index >= 15 is 0 Å². The molecule has 15 heavy (non-hydrogen) atoms. The van der Waals surface area contributed by atoms with Crippen LogP contribution in [0.15, 0.2) is 12.2 Å². The van der Waals surface area contributed by atoms with Crippen LogP contribution in [0.25, 0.3) is 0 Å². The lowest BCUT2D eigenvalue weighted by atomic mass is 10.1. The fourth-order valence-electron chi connectivity index (χ4n) is 2.39. The number of carbonyl (C=O) groups excluding carboxylic acids is 1. The highest BCUT2D eigenvalue weighted by atomic mass is 16.5. The number of amides is 2. The minimum absolute atomic E-state index is 0.0592. The first kappa shape index (κ1) is 10.5. The van der Waals surface area contributed by atoms with Crippen LogP contribution in [0, 0.1) is 0 Å². The molecule has 2 bridgehead atoms. The lowest BCUT2D eigenvalue weighted by Crippen LogP contribution is -2.48. The second-order valence-electron chi connectivity index (χ2n) is 4.09. The third-order valence-corrected chi connectivity index (χ3v) is 3.13. The molecule has 0 aromatic carbocycles. The van der Waals surface area contributed by atoms with Gasteiger partial charge in [-0.25, -0.2) is 4.79 Å². The molecular weight excluding hydrogens is 192 g/mol. The van der Waals surface area contributed by atoms with Crippen LogP contribution < -0.4 is 5.32 Å². The van der Waals surface area contributed by atoms with E-state index in [1.165, 1.54) is 0 Å². The Morgan fingerprint density at radius 2 is 2.47 bits per heavy atom. The standard InChI is InChI=1S/C11H18N2O2/c1-15-8-7-12-11(14)13-9-3-2-4-10(13)6-5-9/h2-3,9-10H,4-8H2,1H3,(H,12,14)/t9-,10-/m0/s1. The maximum absolute atomic E-state index is 11.9. The molecule has 2 amide bonds. The summed E-state index contributed by atoms with van der Waals surface area (Å²) in [4.78, 5) is 13.8. The molecule has 2 heterocycles. The Morgan fingerprint density at radius 3 is 3.20 bits per heavy atom. The number of methoxy groups -OCH3 is 1. The van der Waals surface area contributed by atoms with Crippen molar-refractivity contribution in [1.82, 2.24) is 10.2 Å². The molecule has 1 saturated heterocycles.